The summed E-state index contributed by atoms with van der Waals surface area (Å²) in [5, 5.41) is 9.96. The van der Waals surface area contributed by atoms with Crippen LogP contribution in [0.15, 0.2) is 78.4 Å². The number of halogens is 1. The van der Waals surface area contributed by atoms with E-state index < -0.39 is 0 Å². The molecule has 5 rings (SSSR count). The highest BCUT2D eigenvalue weighted by atomic mass is 35.5. The van der Waals surface area contributed by atoms with Crippen LogP contribution in [0.5, 0.6) is 0 Å². The third-order valence-corrected chi connectivity index (χ3v) is 6.06. The fourth-order valence-corrected chi connectivity index (χ4v) is 4.38. The zero-order valence-corrected chi connectivity index (χ0v) is 18.0. The molecule has 3 aromatic heterocycles. The zero-order chi connectivity index (χ0) is 21.2. The number of hydrogen-bond donors (Lipinski definition) is 1. The molecule has 0 aliphatic carbocycles. The standard InChI is InChI=1S/C23H18ClN5OS/c24-18-8-6-16(7-9-18)13-29-21(10-11-25-29)27-22(30)12-19-15-31-23-26-20(14-28(19)23)17-4-2-1-3-5-17/h1-11,14-15H,12-13H2,(H,27,30). The van der Waals surface area contributed by atoms with Gasteiger partial charge in [0, 0.05) is 33.9 Å². The molecule has 1 N–H and O–H groups in total. The van der Waals surface area contributed by atoms with Gasteiger partial charge in [0.1, 0.15) is 5.82 Å². The number of aromatic nitrogens is 4. The van der Waals surface area contributed by atoms with Crippen molar-refractivity contribution < 1.29 is 4.79 Å². The number of nitrogens with one attached hydrogen (secondary N) is 1. The number of carbonyl (C=O) groups excluding carboxylic acids is 1. The van der Waals surface area contributed by atoms with Gasteiger partial charge in [-0.3, -0.25) is 9.20 Å². The Kier molecular flexibility index (Phi) is 5.28. The summed E-state index contributed by atoms with van der Waals surface area (Å²) in [4.78, 5) is 18.3. The molecule has 6 nitrogen and oxygen atoms in total. The highest BCUT2D eigenvalue weighted by Crippen LogP contribution is 2.24. The minimum Gasteiger partial charge on any atom is -0.311 e. The monoisotopic (exact) mass is 447 g/mol. The molecule has 0 radical (unpaired) electrons. The second-order valence-corrected chi connectivity index (χ2v) is 8.37. The Hall–Kier alpha value is -3.42. The molecule has 0 unspecified atom stereocenters. The lowest BCUT2D eigenvalue weighted by Gasteiger charge is -2.09. The van der Waals surface area contributed by atoms with Gasteiger partial charge >= 0.3 is 0 Å². The smallest absolute Gasteiger partial charge is 0.231 e. The maximum atomic E-state index is 12.7. The Labute approximate surface area is 187 Å². The molecular formula is C23H18ClN5OS. The van der Waals surface area contributed by atoms with Crippen molar-refractivity contribution in [3.8, 4) is 11.3 Å². The maximum absolute atomic E-state index is 12.7. The van der Waals surface area contributed by atoms with E-state index >= 15 is 0 Å². The summed E-state index contributed by atoms with van der Waals surface area (Å²) in [5.41, 5.74) is 3.90. The molecule has 0 fully saturated rings. The number of rotatable bonds is 6. The number of hydrogen-bond acceptors (Lipinski definition) is 4. The lowest BCUT2D eigenvalue weighted by Crippen LogP contribution is -2.18. The molecule has 5 aromatic rings. The highest BCUT2D eigenvalue weighted by molar-refractivity contribution is 7.15. The minimum absolute atomic E-state index is 0.104. The van der Waals surface area contributed by atoms with E-state index in [0.29, 0.717) is 17.4 Å². The van der Waals surface area contributed by atoms with Gasteiger partial charge < -0.3 is 5.32 Å². The van der Waals surface area contributed by atoms with Gasteiger partial charge in [-0.25, -0.2) is 9.67 Å². The molecule has 1 amide bonds. The van der Waals surface area contributed by atoms with Crippen molar-refractivity contribution in [2.75, 3.05) is 5.32 Å². The number of amides is 1. The first kappa shape index (κ1) is 19.5. The Balaban J connectivity index is 1.30. The molecule has 0 saturated carbocycles. The summed E-state index contributed by atoms with van der Waals surface area (Å²) in [6.45, 7) is 0.546. The van der Waals surface area contributed by atoms with Crippen LogP contribution in [-0.2, 0) is 17.8 Å². The van der Waals surface area contributed by atoms with Gasteiger partial charge in [0.25, 0.3) is 0 Å². The maximum Gasteiger partial charge on any atom is 0.231 e. The van der Waals surface area contributed by atoms with Crippen molar-refractivity contribution in [2.45, 2.75) is 13.0 Å². The third-order valence-electron chi connectivity index (χ3n) is 4.92. The van der Waals surface area contributed by atoms with Crippen LogP contribution in [0.25, 0.3) is 16.2 Å². The van der Waals surface area contributed by atoms with Crippen LogP contribution in [0.4, 0.5) is 5.82 Å². The SMILES string of the molecule is O=C(Cc1csc2nc(-c3ccccc3)cn12)Nc1ccnn1Cc1ccc(Cl)cc1. The fraction of sp³-hybridized carbons (Fsp3) is 0.0870. The molecular weight excluding hydrogens is 430 g/mol. The first-order valence-electron chi connectivity index (χ1n) is 9.73. The number of fused-ring (bicyclic) bond motifs is 1. The number of carbonyl (C=O) groups is 1. The van der Waals surface area contributed by atoms with Crippen LogP contribution in [0, 0.1) is 0 Å². The molecule has 0 spiro atoms. The van der Waals surface area contributed by atoms with E-state index in [-0.39, 0.29) is 12.3 Å². The van der Waals surface area contributed by atoms with Crippen LogP contribution in [0.1, 0.15) is 11.3 Å². The number of imidazole rings is 1. The highest BCUT2D eigenvalue weighted by Gasteiger charge is 2.14. The van der Waals surface area contributed by atoms with Crippen molar-refractivity contribution in [1.29, 1.82) is 0 Å². The topological polar surface area (TPSA) is 64.2 Å². The van der Waals surface area contributed by atoms with Crippen LogP contribution < -0.4 is 5.32 Å². The van der Waals surface area contributed by atoms with Gasteiger partial charge in [-0.05, 0) is 17.7 Å². The van der Waals surface area contributed by atoms with E-state index in [9.17, 15) is 4.79 Å². The molecule has 154 valence electrons. The summed E-state index contributed by atoms with van der Waals surface area (Å²) >= 11 is 7.48. The number of nitrogens with zero attached hydrogens (tertiary/aromatic N) is 4. The summed E-state index contributed by atoms with van der Waals surface area (Å²) in [6, 6.07) is 19.4. The van der Waals surface area contributed by atoms with Gasteiger partial charge in [-0.1, -0.05) is 54.1 Å². The Morgan fingerprint density at radius 2 is 1.87 bits per heavy atom. The Morgan fingerprint density at radius 3 is 2.68 bits per heavy atom. The lowest BCUT2D eigenvalue weighted by molar-refractivity contribution is -0.115. The average molecular weight is 448 g/mol. The van der Waals surface area contributed by atoms with Crippen molar-refractivity contribution >= 4 is 39.6 Å². The first-order valence-corrected chi connectivity index (χ1v) is 11.0. The van der Waals surface area contributed by atoms with E-state index in [4.69, 9.17) is 11.6 Å². The van der Waals surface area contributed by atoms with Crippen molar-refractivity contribution in [1.82, 2.24) is 19.2 Å². The predicted molar refractivity (Wildman–Crippen MR) is 124 cm³/mol. The largest absolute Gasteiger partial charge is 0.311 e. The molecule has 0 aliphatic heterocycles. The predicted octanol–water partition coefficient (Wildman–Crippen LogP) is 5.14. The van der Waals surface area contributed by atoms with Crippen LogP contribution in [0.3, 0.4) is 0 Å². The molecule has 8 heteroatoms. The molecule has 2 aromatic carbocycles. The van der Waals surface area contributed by atoms with Crippen LogP contribution in [-0.4, -0.2) is 25.1 Å². The average Bonchev–Trinajstić information content (AvgIpc) is 3.48. The second kappa shape index (κ2) is 8.37. The Bertz CT molecular complexity index is 1340. The van der Waals surface area contributed by atoms with Crippen LogP contribution >= 0.6 is 22.9 Å². The molecule has 3 heterocycles. The van der Waals surface area contributed by atoms with Crippen LogP contribution in [0.2, 0.25) is 5.02 Å². The van der Waals surface area contributed by atoms with Gasteiger partial charge in [0.15, 0.2) is 4.96 Å². The van der Waals surface area contributed by atoms with E-state index in [1.807, 2.05) is 70.6 Å². The van der Waals surface area contributed by atoms with Crippen molar-refractivity contribution in [2.24, 2.45) is 0 Å². The van der Waals surface area contributed by atoms with E-state index in [2.05, 4.69) is 15.4 Å². The first-order chi connectivity index (χ1) is 15.2. The number of anilines is 1. The van der Waals surface area contributed by atoms with E-state index in [0.717, 1.165) is 27.5 Å². The Morgan fingerprint density at radius 1 is 1.06 bits per heavy atom. The lowest BCUT2D eigenvalue weighted by atomic mass is 10.2. The normalized spacial score (nSPS) is 11.1. The summed E-state index contributed by atoms with van der Waals surface area (Å²) < 4.78 is 3.74. The van der Waals surface area contributed by atoms with Gasteiger partial charge in [0.2, 0.25) is 5.91 Å². The number of thiazole rings is 1. The molecule has 31 heavy (non-hydrogen) atoms. The molecule has 0 saturated heterocycles. The molecule has 0 atom stereocenters. The van der Waals surface area contributed by atoms with E-state index in [1.165, 1.54) is 11.3 Å². The quantitative estimate of drug-likeness (QED) is 0.392. The van der Waals surface area contributed by atoms with Crippen molar-refractivity contribution in [3.63, 3.8) is 0 Å². The van der Waals surface area contributed by atoms with Gasteiger partial charge in [-0.15, -0.1) is 11.3 Å². The fourth-order valence-electron chi connectivity index (χ4n) is 3.38. The molecule has 0 aliphatic rings. The third kappa shape index (κ3) is 4.23. The molecule has 0 bridgehead atoms. The van der Waals surface area contributed by atoms with E-state index in [1.54, 1.807) is 16.9 Å². The summed E-state index contributed by atoms with van der Waals surface area (Å²) in [5.74, 6) is 0.551. The van der Waals surface area contributed by atoms with Gasteiger partial charge in [-0.2, -0.15) is 5.10 Å². The summed E-state index contributed by atoms with van der Waals surface area (Å²) in [7, 11) is 0. The summed E-state index contributed by atoms with van der Waals surface area (Å²) in [6.07, 6.45) is 3.90. The zero-order valence-electron chi connectivity index (χ0n) is 16.4. The second-order valence-electron chi connectivity index (χ2n) is 7.10. The number of benzene rings is 2. The van der Waals surface area contributed by atoms with Crippen molar-refractivity contribution in [3.05, 3.63) is 94.7 Å². The minimum atomic E-state index is -0.104. The van der Waals surface area contributed by atoms with Gasteiger partial charge in [0.05, 0.1) is 24.9 Å².